The van der Waals surface area contributed by atoms with Crippen LogP contribution in [0.4, 0.5) is 23.3 Å². The van der Waals surface area contributed by atoms with Crippen LogP contribution in [-0.2, 0) is 0 Å². The molecule has 0 saturated carbocycles. The zero-order valence-electron chi connectivity index (χ0n) is 25.3. The number of ether oxygens (including phenoxy) is 1. The van der Waals surface area contributed by atoms with Gasteiger partial charge in [-0.05, 0) is 50.1 Å². The molecule has 0 fully saturated rings. The van der Waals surface area contributed by atoms with Crippen LogP contribution in [0.1, 0.15) is 41.1 Å². The number of nitrogens with one attached hydrogen (secondary N) is 4. The summed E-state index contributed by atoms with van der Waals surface area (Å²) >= 11 is 0. The molecule has 0 radical (unpaired) electrons. The summed E-state index contributed by atoms with van der Waals surface area (Å²) in [6.07, 6.45) is 9.42. The summed E-state index contributed by atoms with van der Waals surface area (Å²) < 4.78 is 5.53. The Bertz CT molecular complexity index is 1850. The van der Waals surface area contributed by atoms with Crippen molar-refractivity contribution in [2.45, 2.75) is 20.8 Å². The van der Waals surface area contributed by atoms with Crippen LogP contribution in [0.2, 0.25) is 0 Å². The standard InChI is InChI=1S/C18H19N5O.C16H15N5/c1-3-24-18-12-16(20-17-11-13(2)22-23-17)19-15(21-18)10-9-14-7-5-4-6-8-14;1-12-11-16(21-20-12)19-15-9-10-17-14(18-15)8-7-13-5-3-2-4-6-13/h4-12H,3H2,1-2H3,(H2,19,20,21,22,23);2-11H,1H3,(H2,17,18,19,20,21)/b10-9+;8-7+. The molecule has 0 atom stereocenters. The molecule has 0 aliphatic heterocycles. The first-order chi connectivity index (χ1) is 22.0. The zero-order valence-corrected chi connectivity index (χ0v) is 25.3. The van der Waals surface area contributed by atoms with Crippen molar-refractivity contribution in [3.63, 3.8) is 0 Å². The van der Waals surface area contributed by atoms with E-state index in [2.05, 4.69) is 51.0 Å². The summed E-state index contributed by atoms with van der Waals surface area (Å²) in [6, 6.07) is 27.5. The lowest BCUT2D eigenvalue weighted by Crippen LogP contribution is -2.01. The van der Waals surface area contributed by atoms with E-state index in [-0.39, 0.29) is 0 Å². The van der Waals surface area contributed by atoms with E-state index >= 15 is 0 Å². The van der Waals surface area contributed by atoms with E-state index in [1.807, 2.05) is 124 Å². The number of hydrogen-bond acceptors (Lipinski definition) is 9. The van der Waals surface area contributed by atoms with Crippen LogP contribution in [0, 0.1) is 13.8 Å². The summed E-state index contributed by atoms with van der Waals surface area (Å²) in [5.74, 6) is 4.53. The van der Waals surface area contributed by atoms with Crippen molar-refractivity contribution in [3.8, 4) is 5.88 Å². The molecule has 0 saturated heterocycles. The van der Waals surface area contributed by atoms with Gasteiger partial charge in [0.2, 0.25) is 5.88 Å². The lowest BCUT2D eigenvalue weighted by atomic mass is 10.2. The Morgan fingerprint density at radius 1 is 0.622 bits per heavy atom. The topological polar surface area (TPSA) is 142 Å². The minimum atomic E-state index is 0.523. The largest absolute Gasteiger partial charge is 0.478 e. The average Bonchev–Trinajstić information content (AvgIpc) is 3.67. The fraction of sp³-hybridized carbons (Fsp3) is 0.118. The lowest BCUT2D eigenvalue weighted by molar-refractivity contribution is 0.326. The van der Waals surface area contributed by atoms with Crippen molar-refractivity contribution < 1.29 is 4.74 Å². The summed E-state index contributed by atoms with van der Waals surface area (Å²) in [4.78, 5) is 17.6. The number of aryl methyl sites for hydroxylation is 2. The Morgan fingerprint density at radius 2 is 1.18 bits per heavy atom. The predicted octanol–water partition coefficient (Wildman–Crippen LogP) is 7.24. The molecule has 0 aliphatic carbocycles. The third kappa shape index (κ3) is 9.72. The quantitative estimate of drug-likeness (QED) is 0.128. The van der Waals surface area contributed by atoms with Crippen molar-refractivity contribution in [1.29, 1.82) is 0 Å². The van der Waals surface area contributed by atoms with E-state index in [1.165, 1.54) is 0 Å². The van der Waals surface area contributed by atoms with Crippen molar-refractivity contribution >= 4 is 47.6 Å². The number of anilines is 4. The number of benzene rings is 2. The molecular formula is C34H34N10O. The Balaban J connectivity index is 0.000000179. The van der Waals surface area contributed by atoms with Crippen molar-refractivity contribution in [2.24, 2.45) is 0 Å². The maximum absolute atomic E-state index is 5.53. The van der Waals surface area contributed by atoms with Gasteiger partial charge in [0.15, 0.2) is 23.3 Å². The third-order valence-corrected chi connectivity index (χ3v) is 6.06. The predicted molar refractivity (Wildman–Crippen MR) is 179 cm³/mol. The molecule has 6 rings (SSSR count). The van der Waals surface area contributed by atoms with Crippen LogP contribution >= 0.6 is 0 Å². The molecule has 226 valence electrons. The fourth-order valence-corrected chi connectivity index (χ4v) is 4.02. The minimum absolute atomic E-state index is 0.523. The first-order valence-electron chi connectivity index (χ1n) is 14.4. The summed E-state index contributed by atoms with van der Waals surface area (Å²) in [5, 5.41) is 20.3. The molecule has 11 heteroatoms. The van der Waals surface area contributed by atoms with Crippen LogP contribution in [0.25, 0.3) is 24.3 Å². The average molecular weight is 599 g/mol. The Hall–Kier alpha value is -6.10. The van der Waals surface area contributed by atoms with E-state index in [9.17, 15) is 0 Å². The Morgan fingerprint density at radius 3 is 1.73 bits per heavy atom. The third-order valence-electron chi connectivity index (χ3n) is 6.06. The van der Waals surface area contributed by atoms with Gasteiger partial charge >= 0.3 is 0 Å². The fourth-order valence-electron chi connectivity index (χ4n) is 4.02. The summed E-state index contributed by atoms with van der Waals surface area (Å²) in [5.41, 5.74) is 4.17. The SMILES string of the molecule is CCOc1cc(Nc2cc(C)[nH]n2)nc(/C=C/c2ccccc2)n1.Cc1cc(Nc2ccnc(/C=C/c3ccccc3)n2)n[nH]1. The number of nitrogens with zero attached hydrogens (tertiary/aromatic N) is 6. The van der Waals surface area contributed by atoms with Crippen molar-refractivity contribution in [3.05, 3.63) is 125 Å². The van der Waals surface area contributed by atoms with Gasteiger partial charge in [-0.1, -0.05) is 72.8 Å². The highest BCUT2D eigenvalue weighted by Crippen LogP contribution is 2.19. The van der Waals surface area contributed by atoms with Gasteiger partial charge in [-0.3, -0.25) is 10.2 Å². The minimum Gasteiger partial charge on any atom is -0.478 e. The van der Waals surface area contributed by atoms with Gasteiger partial charge in [0.1, 0.15) is 11.6 Å². The molecule has 0 spiro atoms. The summed E-state index contributed by atoms with van der Waals surface area (Å²) in [6.45, 7) is 6.36. The van der Waals surface area contributed by atoms with Gasteiger partial charge in [0.25, 0.3) is 0 Å². The number of rotatable bonds is 10. The van der Waals surface area contributed by atoms with E-state index < -0.39 is 0 Å². The van der Waals surface area contributed by atoms with E-state index in [0.717, 1.165) is 28.3 Å². The molecule has 4 heterocycles. The molecule has 6 aromatic rings. The zero-order chi connectivity index (χ0) is 31.3. The van der Waals surface area contributed by atoms with Crippen molar-refractivity contribution in [2.75, 3.05) is 17.2 Å². The highest BCUT2D eigenvalue weighted by Gasteiger charge is 2.06. The van der Waals surface area contributed by atoms with Crippen molar-refractivity contribution in [1.82, 2.24) is 40.3 Å². The van der Waals surface area contributed by atoms with Crippen LogP contribution in [0.3, 0.4) is 0 Å². The number of H-pyrrole nitrogens is 2. The molecule has 11 nitrogen and oxygen atoms in total. The maximum Gasteiger partial charge on any atom is 0.219 e. The lowest BCUT2D eigenvalue weighted by Gasteiger charge is -2.07. The number of aromatic amines is 2. The summed E-state index contributed by atoms with van der Waals surface area (Å²) in [7, 11) is 0. The van der Waals surface area contributed by atoms with Gasteiger partial charge in [-0.25, -0.2) is 15.0 Å². The molecule has 4 aromatic heterocycles. The smallest absolute Gasteiger partial charge is 0.219 e. The second-order valence-corrected chi connectivity index (χ2v) is 9.79. The molecule has 0 aliphatic rings. The van der Waals surface area contributed by atoms with Crippen LogP contribution in [0.5, 0.6) is 5.88 Å². The number of aromatic nitrogens is 8. The molecule has 0 unspecified atom stereocenters. The van der Waals surface area contributed by atoms with Crippen LogP contribution in [-0.4, -0.2) is 46.9 Å². The van der Waals surface area contributed by atoms with E-state index in [1.54, 1.807) is 12.3 Å². The van der Waals surface area contributed by atoms with E-state index in [0.29, 0.717) is 41.6 Å². The molecule has 0 amide bonds. The van der Waals surface area contributed by atoms with Crippen LogP contribution < -0.4 is 15.4 Å². The Labute approximate surface area is 261 Å². The van der Waals surface area contributed by atoms with Crippen LogP contribution in [0.15, 0.2) is 91.1 Å². The Kier molecular flexibility index (Phi) is 10.4. The highest BCUT2D eigenvalue weighted by molar-refractivity contribution is 5.68. The monoisotopic (exact) mass is 598 g/mol. The first kappa shape index (κ1) is 30.4. The molecule has 45 heavy (non-hydrogen) atoms. The molecule has 4 N–H and O–H groups in total. The normalized spacial score (nSPS) is 10.9. The van der Waals surface area contributed by atoms with E-state index in [4.69, 9.17) is 4.74 Å². The van der Waals surface area contributed by atoms with Gasteiger partial charge in [-0.2, -0.15) is 15.2 Å². The first-order valence-corrected chi connectivity index (χ1v) is 14.4. The number of hydrogen-bond donors (Lipinski definition) is 4. The van der Waals surface area contributed by atoms with Gasteiger partial charge in [-0.15, -0.1) is 0 Å². The van der Waals surface area contributed by atoms with Gasteiger partial charge < -0.3 is 15.4 Å². The van der Waals surface area contributed by atoms with Gasteiger partial charge in [0, 0.05) is 35.8 Å². The maximum atomic E-state index is 5.53. The second-order valence-electron chi connectivity index (χ2n) is 9.79. The highest BCUT2D eigenvalue weighted by atomic mass is 16.5. The molecular weight excluding hydrogens is 564 g/mol. The van der Waals surface area contributed by atoms with Gasteiger partial charge in [0.05, 0.1) is 6.61 Å². The second kappa shape index (κ2) is 15.4. The molecule has 0 bridgehead atoms. The molecule has 2 aromatic carbocycles.